The summed E-state index contributed by atoms with van der Waals surface area (Å²) in [5.41, 5.74) is 2.97. The summed E-state index contributed by atoms with van der Waals surface area (Å²) in [6, 6.07) is 0. The predicted molar refractivity (Wildman–Crippen MR) is 139 cm³/mol. The first kappa shape index (κ1) is 29.6. The maximum atomic E-state index is 5.48. The number of rotatable bonds is 0. The molecule has 1 unspecified atom stereocenters. The third-order valence-electron chi connectivity index (χ3n) is 7.42. The van der Waals surface area contributed by atoms with Crippen LogP contribution in [0.4, 0.5) is 0 Å². The van der Waals surface area contributed by atoms with Crippen molar-refractivity contribution in [1.29, 1.82) is 0 Å². The first-order valence-electron chi connectivity index (χ1n) is 13.5. The lowest BCUT2D eigenvalue weighted by Gasteiger charge is -2.44. The highest BCUT2D eigenvalue weighted by molar-refractivity contribution is 5.31. The molecule has 4 nitrogen and oxygen atoms in total. The molecule has 32 heavy (non-hydrogen) atoms. The number of hydrogen-bond acceptors (Lipinski definition) is 4. The smallest absolute Gasteiger partial charge is 0.0486 e. The lowest BCUT2D eigenvalue weighted by atomic mass is 9.66. The van der Waals surface area contributed by atoms with Gasteiger partial charge in [0.25, 0.3) is 0 Å². The minimum absolute atomic E-state index is 0.260. The Labute approximate surface area is 200 Å². The Balaban J connectivity index is 0.000000277. The van der Waals surface area contributed by atoms with E-state index in [1.807, 2.05) is 27.7 Å². The molecule has 4 heterocycles. The molecule has 4 heteroatoms. The zero-order valence-electron chi connectivity index (χ0n) is 23.2. The summed E-state index contributed by atoms with van der Waals surface area (Å²) in [6.45, 7) is 28.0. The lowest BCUT2D eigenvalue weighted by Crippen LogP contribution is -2.52. The second-order valence-corrected chi connectivity index (χ2v) is 11.3. The highest BCUT2D eigenvalue weighted by atomic mass is 16.5. The van der Waals surface area contributed by atoms with Crippen molar-refractivity contribution in [3.8, 4) is 0 Å². The first-order chi connectivity index (χ1) is 15.1. The van der Waals surface area contributed by atoms with E-state index in [-0.39, 0.29) is 5.54 Å². The van der Waals surface area contributed by atoms with Gasteiger partial charge in [-0.25, -0.2) is 0 Å². The summed E-state index contributed by atoms with van der Waals surface area (Å²) < 4.78 is 10.9. The van der Waals surface area contributed by atoms with Crippen LogP contribution >= 0.6 is 0 Å². The number of hydrogen-bond donors (Lipinski definition) is 2. The van der Waals surface area contributed by atoms with Crippen LogP contribution in [0, 0.1) is 16.7 Å². The molecule has 0 bridgehead atoms. The molecule has 1 atom stereocenters. The minimum atomic E-state index is 0.260. The van der Waals surface area contributed by atoms with E-state index in [0.29, 0.717) is 16.4 Å². The average Bonchev–Trinajstić information content (AvgIpc) is 3.37. The molecule has 190 valence electrons. The van der Waals surface area contributed by atoms with Gasteiger partial charge in [-0.1, -0.05) is 75.3 Å². The van der Waals surface area contributed by atoms with Gasteiger partial charge < -0.3 is 20.1 Å². The van der Waals surface area contributed by atoms with Crippen LogP contribution in [-0.4, -0.2) is 50.6 Å². The average molecular weight is 453 g/mol. The van der Waals surface area contributed by atoms with Crippen molar-refractivity contribution in [1.82, 2.24) is 10.6 Å². The normalized spacial score (nSPS) is 26.2. The second kappa shape index (κ2) is 12.9. The lowest BCUT2D eigenvalue weighted by molar-refractivity contribution is 0.00404. The zero-order valence-corrected chi connectivity index (χ0v) is 23.2. The van der Waals surface area contributed by atoms with Crippen molar-refractivity contribution in [3.05, 3.63) is 11.6 Å². The topological polar surface area (TPSA) is 42.5 Å². The molecule has 0 aromatic heterocycles. The molecule has 3 fully saturated rings. The number of nitrogens with one attached hydrogen (secondary N) is 2. The molecule has 0 saturated carbocycles. The van der Waals surface area contributed by atoms with Crippen molar-refractivity contribution in [2.75, 3.05) is 39.5 Å². The van der Waals surface area contributed by atoms with Crippen molar-refractivity contribution in [3.63, 3.8) is 0 Å². The summed E-state index contributed by atoms with van der Waals surface area (Å²) in [6.07, 6.45) is 8.39. The molecule has 0 aromatic rings. The van der Waals surface area contributed by atoms with Gasteiger partial charge in [0.2, 0.25) is 0 Å². The monoisotopic (exact) mass is 452 g/mol. The van der Waals surface area contributed by atoms with E-state index in [0.717, 1.165) is 51.7 Å². The molecule has 3 saturated heterocycles. The van der Waals surface area contributed by atoms with Gasteiger partial charge in [0, 0.05) is 44.1 Å². The molecule has 0 aromatic carbocycles. The molecular formula is C28H56N2O2. The number of ether oxygens (including phenoxy) is 2. The van der Waals surface area contributed by atoms with E-state index in [1.165, 1.54) is 25.8 Å². The maximum Gasteiger partial charge on any atom is 0.0486 e. The highest BCUT2D eigenvalue weighted by Crippen LogP contribution is 2.45. The fourth-order valence-corrected chi connectivity index (χ4v) is 6.22. The fraction of sp³-hybridized carbons (Fsp3) is 0.929. The van der Waals surface area contributed by atoms with E-state index < -0.39 is 0 Å². The van der Waals surface area contributed by atoms with Crippen molar-refractivity contribution in [2.24, 2.45) is 16.7 Å². The molecule has 0 radical (unpaired) electrons. The Morgan fingerprint density at radius 3 is 1.75 bits per heavy atom. The Kier molecular flexibility index (Phi) is 11.9. The summed E-state index contributed by atoms with van der Waals surface area (Å²) in [5.74, 6) is 0.818. The van der Waals surface area contributed by atoms with E-state index >= 15 is 0 Å². The van der Waals surface area contributed by atoms with Gasteiger partial charge in [0.05, 0.1) is 0 Å². The van der Waals surface area contributed by atoms with E-state index in [9.17, 15) is 0 Å². The van der Waals surface area contributed by atoms with Gasteiger partial charge in [-0.05, 0) is 61.0 Å². The molecule has 4 aliphatic rings. The van der Waals surface area contributed by atoms with Crippen LogP contribution in [0.2, 0.25) is 0 Å². The Morgan fingerprint density at radius 1 is 0.781 bits per heavy atom. The Hall–Kier alpha value is -0.420. The summed E-state index contributed by atoms with van der Waals surface area (Å²) in [4.78, 5) is 0. The van der Waals surface area contributed by atoms with Gasteiger partial charge in [0.1, 0.15) is 0 Å². The second-order valence-electron chi connectivity index (χ2n) is 11.3. The van der Waals surface area contributed by atoms with Gasteiger partial charge in [-0.15, -0.1) is 0 Å². The van der Waals surface area contributed by atoms with Crippen molar-refractivity contribution >= 4 is 0 Å². The van der Waals surface area contributed by atoms with Gasteiger partial charge in [0.15, 0.2) is 0 Å². The third kappa shape index (κ3) is 7.29. The summed E-state index contributed by atoms with van der Waals surface area (Å²) in [7, 11) is 0. The Bertz CT molecular complexity index is 545. The quantitative estimate of drug-likeness (QED) is 0.420. The predicted octanol–water partition coefficient (Wildman–Crippen LogP) is 6.35. The van der Waals surface area contributed by atoms with Crippen LogP contribution < -0.4 is 10.6 Å². The maximum absolute atomic E-state index is 5.48. The van der Waals surface area contributed by atoms with Crippen LogP contribution in [0.3, 0.4) is 0 Å². The molecule has 0 aliphatic carbocycles. The van der Waals surface area contributed by atoms with Gasteiger partial charge >= 0.3 is 0 Å². The largest absolute Gasteiger partial charge is 0.381 e. The van der Waals surface area contributed by atoms with Crippen LogP contribution in [0.25, 0.3) is 0 Å². The third-order valence-corrected chi connectivity index (χ3v) is 7.42. The van der Waals surface area contributed by atoms with Gasteiger partial charge in [-0.2, -0.15) is 0 Å². The summed E-state index contributed by atoms with van der Waals surface area (Å²) >= 11 is 0. The van der Waals surface area contributed by atoms with E-state index in [4.69, 9.17) is 9.47 Å². The fourth-order valence-electron chi connectivity index (χ4n) is 6.22. The van der Waals surface area contributed by atoms with Crippen LogP contribution in [0.5, 0.6) is 0 Å². The minimum Gasteiger partial charge on any atom is -0.381 e. The van der Waals surface area contributed by atoms with Crippen molar-refractivity contribution in [2.45, 2.75) is 112 Å². The first-order valence-corrected chi connectivity index (χ1v) is 13.5. The molecular weight excluding hydrogens is 396 g/mol. The van der Waals surface area contributed by atoms with Gasteiger partial charge in [-0.3, -0.25) is 0 Å². The molecule has 2 spiro atoms. The molecule has 4 rings (SSSR count). The molecule has 2 N–H and O–H groups in total. The van der Waals surface area contributed by atoms with Crippen LogP contribution in [0.1, 0.15) is 101 Å². The Morgan fingerprint density at radius 2 is 1.28 bits per heavy atom. The van der Waals surface area contributed by atoms with E-state index in [1.54, 1.807) is 5.57 Å². The van der Waals surface area contributed by atoms with E-state index in [2.05, 4.69) is 58.3 Å². The zero-order chi connectivity index (χ0) is 24.5. The van der Waals surface area contributed by atoms with Crippen molar-refractivity contribution < 1.29 is 9.47 Å². The van der Waals surface area contributed by atoms with Crippen LogP contribution in [-0.2, 0) is 9.47 Å². The SMILES string of the molecule is CC.CC.CC(C)(C)C1=CCNC12CCOCC2.CC(C)(C)C1CCNC12CCOCC2. The summed E-state index contributed by atoms with van der Waals surface area (Å²) in [5, 5.41) is 7.40. The molecule has 0 amide bonds. The van der Waals surface area contributed by atoms with Crippen LogP contribution in [0.15, 0.2) is 11.6 Å². The highest BCUT2D eigenvalue weighted by Gasteiger charge is 2.48. The molecule has 4 aliphatic heterocycles. The standard InChI is InChI=1S/C12H23NO.C12H21NO.2C2H6/c2*1-11(2,3)10-4-7-13-12(10)5-8-14-9-6-12;2*1-2/h10,13H,4-9H2,1-3H3;4,13H,5-9H2,1-3H3;2*1-2H3.